The van der Waals surface area contributed by atoms with Crippen LogP contribution in [-0.4, -0.2) is 38.2 Å². The summed E-state index contributed by atoms with van der Waals surface area (Å²) < 4.78 is 10.7. The molecule has 0 radical (unpaired) electrons. The highest BCUT2D eigenvalue weighted by atomic mass is 16.6. The molecule has 0 atom stereocenters. The Labute approximate surface area is 197 Å². The molecule has 0 saturated heterocycles. The topological polar surface area (TPSA) is 145 Å². The Morgan fingerprint density at radius 3 is 2.71 bits per heavy atom. The summed E-state index contributed by atoms with van der Waals surface area (Å²) in [5, 5.41) is 23.0. The van der Waals surface area contributed by atoms with Crippen LogP contribution in [0.1, 0.15) is 6.92 Å². The smallest absolute Gasteiger partial charge is 0.308 e. The van der Waals surface area contributed by atoms with Gasteiger partial charge in [0.15, 0.2) is 17.3 Å². The van der Waals surface area contributed by atoms with E-state index in [4.69, 9.17) is 9.47 Å². The minimum Gasteiger partial charge on any atom is -0.493 e. The number of nitro groups is 1. The number of non-ortho nitro benzene ring substituents is 1. The number of nitrogens with one attached hydrogen (secondary N) is 2. The van der Waals surface area contributed by atoms with Crippen LogP contribution in [0.4, 0.5) is 17.2 Å². The molecule has 2 N–H and O–H groups in total. The van der Waals surface area contributed by atoms with Gasteiger partial charge in [-0.2, -0.15) is 5.10 Å². The lowest BCUT2D eigenvalue weighted by molar-refractivity contribution is -0.384. The third-order valence-electron chi connectivity index (χ3n) is 5.25. The number of aromatic amines is 1. The van der Waals surface area contributed by atoms with Crippen molar-refractivity contribution < 1.29 is 19.2 Å². The number of carbonyl (C=O) groups is 1. The van der Waals surface area contributed by atoms with Crippen LogP contribution in [0.15, 0.2) is 60.8 Å². The first-order valence-corrected chi connectivity index (χ1v) is 10.4. The maximum Gasteiger partial charge on any atom is 0.308 e. The standard InChI is InChI=1S/C24H18N6O5/c1-13(31)35-22-10-18-20(11-21(22)34-2)27-23(14-4-3-5-17(9-14)30(32)33)28-24(18)26-16-6-7-19-15(8-16)12-25-29-19/h3-12H,1-2H3,(H,25,29)(H,26,27,28). The molecule has 2 aromatic heterocycles. The van der Waals surface area contributed by atoms with E-state index >= 15 is 0 Å². The Kier molecular flexibility index (Phi) is 5.41. The zero-order valence-corrected chi connectivity index (χ0v) is 18.6. The van der Waals surface area contributed by atoms with Crippen molar-refractivity contribution in [2.75, 3.05) is 12.4 Å². The van der Waals surface area contributed by atoms with Crippen molar-refractivity contribution in [2.45, 2.75) is 6.92 Å². The average Bonchev–Trinajstić information content (AvgIpc) is 3.31. The highest BCUT2D eigenvalue weighted by molar-refractivity contribution is 5.96. The van der Waals surface area contributed by atoms with Crippen LogP contribution < -0.4 is 14.8 Å². The van der Waals surface area contributed by atoms with Gasteiger partial charge in [0.1, 0.15) is 5.82 Å². The number of carbonyl (C=O) groups excluding carboxylic acids is 1. The normalized spacial score (nSPS) is 10.9. The highest BCUT2D eigenvalue weighted by Gasteiger charge is 2.17. The number of H-pyrrole nitrogens is 1. The van der Waals surface area contributed by atoms with E-state index in [1.807, 2.05) is 18.2 Å². The molecule has 174 valence electrons. The molecule has 0 saturated carbocycles. The average molecular weight is 470 g/mol. The van der Waals surface area contributed by atoms with Crippen LogP contribution in [0.5, 0.6) is 11.5 Å². The van der Waals surface area contributed by atoms with E-state index < -0.39 is 10.9 Å². The van der Waals surface area contributed by atoms with Crippen LogP contribution in [-0.2, 0) is 4.79 Å². The first-order chi connectivity index (χ1) is 16.9. The van der Waals surface area contributed by atoms with E-state index in [2.05, 4.69) is 25.5 Å². The highest BCUT2D eigenvalue weighted by Crippen LogP contribution is 2.37. The van der Waals surface area contributed by atoms with Gasteiger partial charge >= 0.3 is 5.97 Å². The van der Waals surface area contributed by atoms with Crippen molar-refractivity contribution in [1.29, 1.82) is 0 Å². The number of benzene rings is 3. The molecule has 2 heterocycles. The summed E-state index contributed by atoms with van der Waals surface area (Å²) in [6, 6.07) is 15.0. The van der Waals surface area contributed by atoms with Gasteiger partial charge in [-0.05, 0) is 24.3 Å². The molecule has 0 amide bonds. The molecule has 11 heteroatoms. The third kappa shape index (κ3) is 4.29. The molecule has 3 aromatic carbocycles. The third-order valence-corrected chi connectivity index (χ3v) is 5.25. The molecular weight excluding hydrogens is 452 g/mol. The lowest BCUT2D eigenvalue weighted by Gasteiger charge is -2.14. The van der Waals surface area contributed by atoms with Crippen LogP contribution in [0, 0.1) is 10.1 Å². The Bertz CT molecular complexity index is 1610. The van der Waals surface area contributed by atoms with E-state index in [0.717, 1.165) is 16.6 Å². The lowest BCUT2D eigenvalue weighted by Crippen LogP contribution is -2.05. The second-order valence-corrected chi connectivity index (χ2v) is 7.61. The second-order valence-electron chi connectivity index (χ2n) is 7.61. The minimum absolute atomic E-state index is 0.0751. The Balaban J connectivity index is 1.70. The molecule has 11 nitrogen and oxygen atoms in total. The summed E-state index contributed by atoms with van der Waals surface area (Å²) in [5.74, 6) is 0.706. The SMILES string of the molecule is COc1cc2nc(-c3cccc([N+](=O)[O-])c3)nc(Nc3ccc4[nH]ncc4c3)c2cc1OC(C)=O. The van der Waals surface area contributed by atoms with Crippen molar-refractivity contribution in [3.05, 3.63) is 70.9 Å². The molecule has 0 aliphatic heterocycles. The Morgan fingerprint density at radius 2 is 1.94 bits per heavy atom. The summed E-state index contributed by atoms with van der Waals surface area (Å²) in [7, 11) is 1.45. The van der Waals surface area contributed by atoms with Crippen molar-refractivity contribution >= 4 is 45.0 Å². The van der Waals surface area contributed by atoms with Gasteiger partial charge in [0, 0.05) is 47.1 Å². The van der Waals surface area contributed by atoms with Crippen LogP contribution in [0.2, 0.25) is 0 Å². The molecule has 0 bridgehead atoms. The van der Waals surface area contributed by atoms with Crippen molar-refractivity contribution in [3.8, 4) is 22.9 Å². The number of hydrogen-bond acceptors (Lipinski definition) is 9. The largest absolute Gasteiger partial charge is 0.493 e. The summed E-state index contributed by atoms with van der Waals surface area (Å²) in [6.07, 6.45) is 1.71. The van der Waals surface area contributed by atoms with Crippen molar-refractivity contribution in [3.63, 3.8) is 0 Å². The Morgan fingerprint density at radius 1 is 1.09 bits per heavy atom. The van der Waals surface area contributed by atoms with Gasteiger partial charge in [-0.25, -0.2) is 9.97 Å². The molecule has 0 spiro atoms. The van der Waals surface area contributed by atoms with E-state index in [-0.39, 0.29) is 17.3 Å². The number of fused-ring (bicyclic) bond motifs is 2. The number of hydrogen-bond donors (Lipinski definition) is 2. The molecule has 5 rings (SSSR count). The molecule has 0 unspecified atom stereocenters. The van der Waals surface area contributed by atoms with E-state index in [1.165, 1.54) is 26.2 Å². The number of anilines is 2. The van der Waals surface area contributed by atoms with Crippen molar-refractivity contribution in [1.82, 2.24) is 20.2 Å². The zero-order chi connectivity index (χ0) is 24.5. The summed E-state index contributed by atoms with van der Waals surface area (Å²) in [4.78, 5) is 31.7. The maximum absolute atomic E-state index is 11.6. The first kappa shape index (κ1) is 21.8. The van der Waals surface area contributed by atoms with Crippen molar-refractivity contribution in [2.24, 2.45) is 0 Å². The van der Waals surface area contributed by atoms with Gasteiger partial charge < -0.3 is 14.8 Å². The van der Waals surface area contributed by atoms with Gasteiger partial charge in [0.25, 0.3) is 5.69 Å². The number of aromatic nitrogens is 4. The number of rotatable bonds is 6. The predicted molar refractivity (Wildman–Crippen MR) is 129 cm³/mol. The number of nitro benzene ring substituents is 1. The maximum atomic E-state index is 11.6. The fourth-order valence-electron chi connectivity index (χ4n) is 3.67. The van der Waals surface area contributed by atoms with Gasteiger partial charge in [0.2, 0.25) is 0 Å². The summed E-state index contributed by atoms with van der Waals surface area (Å²) in [5.41, 5.74) is 2.49. The lowest BCUT2D eigenvalue weighted by atomic mass is 10.1. The second kappa shape index (κ2) is 8.71. The number of ether oxygens (including phenoxy) is 2. The van der Waals surface area contributed by atoms with Crippen LogP contribution in [0.3, 0.4) is 0 Å². The molecule has 5 aromatic rings. The fourth-order valence-corrected chi connectivity index (χ4v) is 3.67. The summed E-state index contributed by atoms with van der Waals surface area (Å²) >= 11 is 0. The van der Waals surface area contributed by atoms with Crippen LogP contribution >= 0.6 is 0 Å². The zero-order valence-electron chi connectivity index (χ0n) is 18.6. The van der Waals surface area contributed by atoms with E-state index in [9.17, 15) is 14.9 Å². The summed E-state index contributed by atoms with van der Waals surface area (Å²) in [6.45, 7) is 1.30. The van der Waals surface area contributed by atoms with E-state index in [0.29, 0.717) is 28.0 Å². The minimum atomic E-state index is -0.503. The molecule has 0 fully saturated rings. The van der Waals surface area contributed by atoms with Crippen LogP contribution in [0.25, 0.3) is 33.2 Å². The number of methoxy groups -OCH3 is 1. The Hall–Kier alpha value is -5.06. The molecule has 0 aliphatic rings. The van der Waals surface area contributed by atoms with Gasteiger partial charge in [-0.15, -0.1) is 0 Å². The van der Waals surface area contributed by atoms with E-state index in [1.54, 1.807) is 30.5 Å². The quantitative estimate of drug-likeness (QED) is 0.155. The van der Waals surface area contributed by atoms with Gasteiger partial charge in [-0.3, -0.25) is 20.0 Å². The first-order valence-electron chi connectivity index (χ1n) is 10.4. The molecule has 0 aliphatic carbocycles. The monoisotopic (exact) mass is 470 g/mol. The molecule has 35 heavy (non-hydrogen) atoms. The number of esters is 1. The number of nitrogens with zero attached hydrogens (tertiary/aromatic N) is 4. The molecular formula is C24H18N6O5. The predicted octanol–water partition coefficient (Wildman–Crippen LogP) is 4.76. The van der Waals surface area contributed by atoms with Gasteiger partial charge in [-0.1, -0.05) is 12.1 Å². The van der Waals surface area contributed by atoms with Gasteiger partial charge in [0.05, 0.1) is 29.3 Å². The fraction of sp³-hybridized carbons (Fsp3) is 0.0833.